The Labute approximate surface area is 165 Å². The standard InChI is InChI=1S/C22H46NO.ClH/c1-5-6-7-8-9-10-11-12-13-14-19-23(3,4)20-24-22-17-15-21(2)16-18-22;/h21-22H,5-20H2,1-4H3;1H/q+1;/p-1. The molecule has 0 aromatic heterocycles. The summed E-state index contributed by atoms with van der Waals surface area (Å²) in [4.78, 5) is 0. The number of ether oxygens (including phenoxy) is 1. The van der Waals surface area contributed by atoms with Gasteiger partial charge in [0.05, 0.1) is 26.7 Å². The van der Waals surface area contributed by atoms with E-state index in [0.29, 0.717) is 6.10 Å². The van der Waals surface area contributed by atoms with E-state index in [-0.39, 0.29) is 12.4 Å². The van der Waals surface area contributed by atoms with Crippen molar-refractivity contribution in [1.82, 2.24) is 0 Å². The summed E-state index contributed by atoms with van der Waals surface area (Å²) in [5.41, 5.74) is 0. The summed E-state index contributed by atoms with van der Waals surface area (Å²) in [6.07, 6.45) is 20.0. The quantitative estimate of drug-likeness (QED) is 0.256. The van der Waals surface area contributed by atoms with Crippen LogP contribution in [0.15, 0.2) is 0 Å². The number of nitrogens with zero attached hydrogens (tertiary/aromatic N) is 1. The van der Waals surface area contributed by atoms with Crippen LogP contribution in [-0.2, 0) is 4.74 Å². The van der Waals surface area contributed by atoms with Gasteiger partial charge in [-0.3, -0.25) is 0 Å². The Kier molecular flexibility index (Phi) is 15.4. The monoisotopic (exact) mass is 375 g/mol. The molecule has 0 unspecified atom stereocenters. The molecule has 0 amide bonds. The minimum Gasteiger partial charge on any atom is -1.00 e. The topological polar surface area (TPSA) is 9.23 Å². The minimum atomic E-state index is 0. The Morgan fingerprint density at radius 3 is 1.76 bits per heavy atom. The first-order valence-corrected chi connectivity index (χ1v) is 11.0. The van der Waals surface area contributed by atoms with E-state index in [2.05, 4.69) is 27.9 Å². The molecule has 1 rings (SSSR count). The zero-order valence-corrected chi connectivity index (χ0v) is 18.5. The van der Waals surface area contributed by atoms with Crippen molar-refractivity contribution in [3.05, 3.63) is 0 Å². The summed E-state index contributed by atoms with van der Waals surface area (Å²) >= 11 is 0. The molecule has 0 N–H and O–H groups in total. The largest absolute Gasteiger partial charge is 1.00 e. The summed E-state index contributed by atoms with van der Waals surface area (Å²) in [7, 11) is 4.67. The second-order valence-corrected chi connectivity index (χ2v) is 9.02. The van der Waals surface area contributed by atoms with E-state index in [0.717, 1.165) is 17.1 Å². The zero-order chi connectivity index (χ0) is 17.7. The number of unbranched alkanes of at least 4 members (excludes halogenated alkanes) is 9. The lowest BCUT2D eigenvalue weighted by atomic mass is 9.89. The molecule has 0 spiro atoms. The number of rotatable bonds is 14. The Morgan fingerprint density at radius 1 is 0.760 bits per heavy atom. The van der Waals surface area contributed by atoms with Crippen LogP contribution in [0.4, 0.5) is 0 Å². The third kappa shape index (κ3) is 14.0. The second kappa shape index (κ2) is 15.3. The third-order valence-electron chi connectivity index (χ3n) is 5.74. The van der Waals surface area contributed by atoms with Crippen LogP contribution in [0.2, 0.25) is 0 Å². The molecule has 1 aliphatic rings. The van der Waals surface area contributed by atoms with Crippen molar-refractivity contribution in [1.29, 1.82) is 0 Å². The lowest BCUT2D eigenvalue weighted by molar-refractivity contribution is -0.910. The first-order chi connectivity index (χ1) is 11.5. The van der Waals surface area contributed by atoms with Crippen molar-refractivity contribution < 1.29 is 21.6 Å². The number of hydrogen-bond acceptors (Lipinski definition) is 1. The molecule has 0 aromatic carbocycles. The maximum Gasteiger partial charge on any atom is 0.183 e. The normalized spacial score (nSPS) is 21.1. The molecule has 1 saturated carbocycles. The van der Waals surface area contributed by atoms with Crippen LogP contribution in [0.5, 0.6) is 0 Å². The first kappa shape index (κ1) is 25.2. The van der Waals surface area contributed by atoms with Gasteiger partial charge in [0.25, 0.3) is 0 Å². The van der Waals surface area contributed by atoms with Crippen LogP contribution in [0, 0.1) is 5.92 Å². The van der Waals surface area contributed by atoms with Crippen molar-refractivity contribution in [3.8, 4) is 0 Å². The predicted molar refractivity (Wildman–Crippen MR) is 106 cm³/mol. The predicted octanol–water partition coefficient (Wildman–Crippen LogP) is 3.54. The first-order valence-electron chi connectivity index (χ1n) is 11.0. The van der Waals surface area contributed by atoms with Crippen molar-refractivity contribution in [3.63, 3.8) is 0 Å². The van der Waals surface area contributed by atoms with E-state index >= 15 is 0 Å². The van der Waals surface area contributed by atoms with Gasteiger partial charge in [-0.15, -0.1) is 0 Å². The van der Waals surface area contributed by atoms with Gasteiger partial charge in [-0.1, -0.05) is 65.2 Å². The third-order valence-corrected chi connectivity index (χ3v) is 5.74. The average molecular weight is 376 g/mol. The summed E-state index contributed by atoms with van der Waals surface area (Å²) < 4.78 is 7.24. The zero-order valence-electron chi connectivity index (χ0n) is 17.7. The molecule has 25 heavy (non-hydrogen) atoms. The molecular formula is C22H46ClNO. The molecule has 3 heteroatoms. The lowest BCUT2D eigenvalue weighted by Crippen LogP contribution is -3.00. The van der Waals surface area contributed by atoms with Gasteiger partial charge in [0.2, 0.25) is 0 Å². The van der Waals surface area contributed by atoms with Crippen LogP contribution >= 0.6 is 0 Å². The molecule has 1 fully saturated rings. The smallest absolute Gasteiger partial charge is 0.183 e. The molecule has 0 bridgehead atoms. The van der Waals surface area contributed by atoms with Gasteiger partial charge in [0.15, 0.2) is 6.73 Å². The molecule has 0 heterocycles. The number of halogens is 1. The fraction of sp³-hybridized carbons (Fsp3) is 1.00. The average Bonchev–Trinajstić information content (AvgIpc) is 2.56. The molecule has 1 aliphatic carbocycles. The molecule has 0 radical (unpaired) electrons. The van der Waals surface area contributed by atoms with Gasteiger partial charge in [0.1, 0.15) is 0 Å². The Hall–Kier alpha value is 0.210. The highest BCUT2D eigenvalue weighted by atomic mass is 35.5. The van der Waals surface area contributed by atoms with Crippen molar-refractivity contribution in [2.24, 2.45) is 5.92 Å². The maximum atomic E-state index is 6.21. The van der Waals surface area contributed by atoms with Gasteiger partial charge >= 0.3 is 0 Å². The van der Waals surface area contributed by atoms with Crippen LogP contribution in [0.3, 0.4) is 0 Å². The van der Waals surface area contributed by atoms with Crippen LogP contribution in [-0.4, -0.2) is 38.0 Å². The molecule has 2 nitrogen and oxygen atoms in total. The van der Waals surface area contributed by atoms with E-state index in [9.17, 15) is 0 Å². The Balaban J connectivity index is 0.00000576. The Morgan fingerprint density at radius 2 is 1.24 bits per heavy atom. The van der Waals surface area contributed by atoms with Crippen LogP contribution in [0.1, 0.15) is 104 Å². The fourth-order valence-electron chi connectivity index (χ4n) is 3.80. The summed E-state index contributed by atoms with van der Waals surface area (Å²) in [6, 6.07) is 0. The molecule has 0 saturated heterocycles. The van der Waals surface area contributed by atoms with Crippen molar-refractivity contribution >= 4 is 0 Å². The lowest BCUT2D eigenvalue weighted by Gasteiger charge is -2.33. The molecule has 0 aliphatic heterocycles. The summed E-state index contributed by atoms with van der Waals surface area (Å²) in [6.45, 7) is 6.83. The van der Waals surface area contributed by atoms with Gasteiger partial charge < -0.3 is 21.6 Å². The fourth-order valence-corrected chi connectivity index (χ4v) is 3.80. The van der Waals surface area contributed by atoms with Crippen molar-refractivity contribution in [2.75, 3.05) is 27.4 Å². The molecular weight excluding hydrogens is 330 g/mol. The van der Waals surface area contributed by atoms with Gasteiger partial charge in [-0.05, 0) is 44.4 Å². The highest BCUT2D eigenvalue weighted by molar-refractivity contribution is 4.69. The molecule has 152 valence electrons. The van der Waals surface area contributed by atoms with E-state index in [1.807, 2.05) is 0 Å². The molecule has 0 aromatic rings. The summed E-state index contributed by atoms with van der Waals surface area (Å²) in [5, 5.41) is 0. The van der Waals surface area contributed by atoms with E-state index in [1.165, 1.54) is 96.4 Å². The van der Waals surface area contributed by atoms with Crippen molar-refractivity contribution in [2.45, 2.75) is 110 Å². The van der Waals surface area contributed by atoms with Gasteiger partial charge in [-0.2, -0.15) is 0 Å². The number of quaternary nitrogens is 1. The highest BCUT2D eigenvalue weighted by Gasteiger charge is 2.22. The van der Waals surface area contributed by atoms with E-state index in [4.69, 9.17) is 4.74 Å². The second-order valence-electron chi connectivity index (χ2n) is 9.02. The number of hydrogen-bond donors (Lipinski definition) is 0. The summed E-state index contributed by atoms with van der Waals surface area (Å²) in [5.74, 6) is 0.916. The molecule has 0 atom stereocenters. The highest BCUT2D eigenvalue weighted by Crippen LogP contribution is 2.25. The Bertz CT molecular complexity index is 288. The van der Waals surface area contributed by atoms with E-state index in [1.54, 1.807) is 0 Å². The van der Waals surface area contributed by atoms with Crippen LogP contribution < -0.4 is 12.4 Å². The SMILES string of the molecule is CCCCCCCCCCCC[N+](C)(C)COC1CCC(C)CC1.[Cl-]. The maximum absolute atomic E-state index is 6.21. The van der Waals surface area contributed by atoms with Crippen LogP contribution in [0.25, 0.3) is 0 Å². The van der Waals surface area contributed by atoms with E-state index < -0.39 is 0 Å². The van der Waals surface area contributed by atoms with Gasteiger partial charge in [-0.25, -0.2) is 0 Å². The van der Waals surface area contributed by atoms with Gasteiger partial charge in [0, 0.05) is 0 Å². The minimum absolute atomic E-state index is 0.